The van der Waals surface area contributed by atoms with E-state index in [0.717, 1.165) is 51.4 Å². The van der Waals surface area contributed by atoms with E-state index in [-0.39, 0.29) is 12.3 Å². The molecule has 0 rings (SSSR count). The molecule has 2 atom stereocenters. The maximum absolute atomic E-state index is 12.5. The highest BCUT2D eigenvalue weighted by Gasteiger charge is 2.24. The van der Waals surface area contributed by atoms with Gasteiger partial charge in [0.15, 0.2) is 0 Å². The van der Waals surface area contributed by atoms with Crippen LogP contribution >= 0.6 is 0 Å². The molecule has 0 saturated heterocycles. The molecule has 7 heteroatoms. The summed E-state index contributed by atoms with van der Waals surface area (Å²) in [5.74, 6) is -1.02. The molecule has 49 heavy (non-hydrogen) atoms. The average Bonchev–Trinajstić information content (AvgIpc) is 3.06. The fraction of sp³-hybridized carbons (Fsp3) is 0.738. The Morgan fingerprint density at radius 3 is 1.43 bits per heavy atom. The number of rotatable bonds is 35. The molecule has 0 aliphatic rings. The van der Waals surface area contributed by atoms with Gasteiger partial charge in [0.05, 0.1) is 17.9 Å². The molecule has 0 heterocycles. The third-order valence-electron chi connectivity index (χ3n) is 8.67. The number of aliphatic hydroxyl groups is 1. The van der Waals surface area contributed by atoms with Gasteiger partial charge < -0.3 is 10.4 Å². The van der Waals surface area contributed by atoms with Crippen molar-refractivity contribution in [2.45, 2.75) is 193 Å². The van der Waals surface area contributed by atoms with E-state index in [2.05, 4.69) is 67.8 Å². The first kappa shape index (κ1) is 47.0. The molecule has 284 valence electrons. The van der Waals surface area contributed by atoms with E-state index in [1.54, 1.807) is 6.08 Å². The number of allylic oxidation sites excluding steroid dienone is 9. The van der Waals surface area contributed by atoms with Gasteiger partial charge >= 0.3 is 0 Å². The van der Waals surface area contributed by atoms with E-state index in [4.69, 9.17) is 0 Å². The number of amides is 1. The predicted molar refractivity (Wildman–Crippen MR) is 211 cm³/mol. The van der Waals surface area contributed by atoms with E-state index in [0.29, 0.717) is 12.8 Å². The monoisotopic (exact) mass is 706 g/mol. The summed E-state index contributed by atoms with van der Waals surface area (Å²) in [6.07, 6.45) is 49.2. The molecule has 0 aliphatic heterocycles. The Balaban J connectivity index is 4.00. The molecule has 1 amide bonds. The SMILES string of the molecule is CCCCCCC/C=C\C/C=C\C/C=C\CCCCCCCCC(=O)NC(CS(=O)(=O)O)C(O)/C=C/CC/C=C/CCCCCCCCC. The first-order valence-electron chi connectivity index (χ1n) is 20.0. The van der Waals surface area contributed by atoms with Crippen molar-refractivity contribution < 1.29 is 22.9 Å². The maximum Gasteiger partial charge on any atom is 0.267 e. The molecule has 0 spiro atoms. The van der Waals surface area contributed by atoms with Crippen LogP contribution in [0.4, 0.5) is 0 Å². The minimum absolute atomic E-state index is 0.271. The molecule has 0 radical (unpaired) electrons. The third kappa shape index (κ3) is 37.1. The zero-order valence-corrected chi connectivity index (χ0v) is 32.4. The lowest BCUT2D eigenvalue weighted by Gasteiger charge is -2.21. The molecule has 0 aromatic rings. The second-order valence-electron chi connectivity index (χ2n) is 13.5. The summed E-state index contributed by atoms with van der Waals surface area (Å²) in [5.41, 5.74) is 0. The molecule has 3 N–H and O–H groups in total. The van der Waals surface area contributed by atoms with E-state index in [9.17, 15) is 22.9 Å². The number of aliphatic hydroxyl groups excluding tert-OH is 1. The highest BCUT2D eigenvalue weighted by Crippen LogP contribution is 2.12. The van der Waals surface area contributed by atoms with Gasteiger partial charge in [-0.3, -0.25) is 9.35 Å². The van der Waals surface area contributed by atoms with Gasteiger partial charge in [-0.1, -0.05) is 164 Å². The third-order valence-corrected chi connectivity index (χ3v) is 9.45. The largest absolute Gasteiger partial charge is 0.387 e. The maximum atomic E-state index is 12.5. The summed E-state index contributed by atoms with van der Waals surface area (Å²) in [7, 11) is -4.36. The molecule has 0 aliphatic carbocycles. The summed E-state index contributed by atoms with van der Waals surface area (Å²) in [6.45, 7) is 4.49. The number of nitrogens with one attached hydrogen (secondary N) is 1. The van der Waals surface area contributed by atoms with Crippen molar-refractivity contribution in [2.24, 2.45) is 0 Å². The van der Waals surface area contributed by atoms with Crippen molar-refractivity contribution in [3.05, 3.63) is 60.8 Å². The molecule has 2 unspecified atom stereocenters. The quantitative estimate of drug-likeness (QED) is 0.0346. The highest BCUT2D eigenvalue weighted by molar-refractivity contribution is 7.85. The van der Waals surface area contributed by atoms with Crippen LogP contribution in [0.5, 0.6) is 0 Å². The molecular formula is C42H75NO5S. The second-order valence-corrected chi connectivity index (χ2v) is 15.0. The van der Waals surface area contributed by atoms with Crippen molar-refractivity contribution in [3.63, 3.8) is 0 Å². The van der Waals surface area contributed by atoms with E-state index < -0.39 is 28.0 Å². The number of hydrogen-bond acceptors (Lipinski definition) is 4. The lowest BCUT2D eigenvalue weighted by Crippen LogP contribution is -2.46. The van der Waals surface area contributed by atoms with Crippen molar-refractivity contribution in [1.82, 2.24) is 5.32 Å². The number of unbranched alkanes of at least 4 members (excludes halogenated alkanes) is 19. The minimum Gasteiger partial charge on any atom is -0.387 e. The Morgan fingerprint density at radius 1 is 0.551 bits per heavy atom. The van der Waals surface area contributed by atoms with Crippen LogP contribution < -0.4 is 5.32 Å². The molecule has 6 nitrogen and oxygen atoms in total. The van der Waals surface area contributed by atoms with Crippen molar-refractivity contribution in [1.29, 1.82) is 0 Å². The smallest absolute Gasteiger partial charge is 0.267 e. The topological polar surface area (TPSA) is 104 Å². The van der Waals surface area contributed by atoms with Gasteiger partial charge in [0.2, 0.25) is 5.91 Å². The molecular weight excluding hydrogens is 631 g/mol. The van der Waals surface area contributed by atoms with Gasteiger partial charge in [-0.05, 0) is 70.6 Å². The van der Waals surface area contributed by atoms with Gasteiger partial charge in [-0.15, -0.1) is 0 Å². The summed E-state index contributed by atoms with van der Waals surface area (Å²) in [5, 5.41) is 13.2. The van der Waals surface area contributed by atoms with Crippen LogP contribution in [0.1, 0.15) is 181 Å². The average molecular weight is 706 g/mol. The van der Waals surface area contributed by atoms with Crippen molar-refractivity contribution in [3.8, 4) is 0 Å². The first-order chi connectivity index (χ1) is 23.8. The molecule has 0 fully saturated rings. The lowest BCUT2D eigenvalue weighted by atomic mass is 10.1. The van der Waals surface area contributed by atoms with Crippen LogP contribution in [0.15, 0.2) is 60.8 Å². The van der Waals surface area contributed by atoms with E-state index in [1.807, 2.05) is 0 Å². The summed E-state index contributed by atoms with van der Waals surface area (Å²) >= 11 is 0. The first-order valence-corrected chi connectivity index (χ1v) is 21.6. The van der Waals surface area contributed by atoms with Crippen LogP contribution in [-0.2, 0) is 14.9 Å². The van der Waals surface area contributed by atoms with Crippen LogP contribution in [0.25, 0.3) is 0 Å². The van der Waals surface area contributed by atoms with Gasteiger partial charge in [-0.25, -0.2) is 0 Å². The van der Waals surface area contributed by atoms with Gasteiger partial charge in [0, 0.05) is 6.42 Å². The molecule has 0 saturated carbocycles. The number of hydrogen-bond donors (Lipinski definition) is 3. The Labute approximate surface area is 302 Å². The minimum atomic E-state index is -4.36. The molecule has 0 aromatic heterocycles. The predicted octanol–water partition coefficient (Wildman–Crippen LogP) is 11.7. The zero-order valence-electron chi connectivity index (χ0n) is 31.5. The van der Waals surface area contributed by atoms with Crippen LogP contribution in [0.3, 0.4) is 0 Å². The fourth-order valence-corrected chi connectivity index (χ4v) is 6.38. The molecule has 0 bridgehead atoms. The second kappa shape index (κ2) is 35.9. The summed E-state index contributed by atoms with van der Waals surface area (Å²) in [4.78, 5) is 12.5. The number of carbonyl (C=O) groups is 1. The Hall–Kier alpha value is -1.96. The standard InChI is InChI=1S/C42H75NO5S/c1-3-5-7-9-11-13-15-17-18-19-20-21-22-23-24-26-28-30-32-34-36-38-42(45)43-40(39-49(46,47)48)41(44)37-35-33-31-29-27-25-16-14-12-10-8-6-4-2/h15,17,19-20,22-23,27,29,35,37,40-41,44H,3-14,16,18,21,24-26,28,30-34,36,38-39H2,1-2H3,(H,43,45)(H,46,47,48)/b17-15-,20-19-,23-22-,29-27+,37-35+. The zero-order chi connectivity index (χ0) is 36.1. The van der Waals surface area contributed by atoms with Gasteiger partial charge in [-0.2, -0.15) is 8.42 Å². The highest BCUT2D eigenvalue weighted by atomic mass is 32.2. The van der Waals surface area contributed by atoms with Crippen molar-refractivity contribution >= 4 is 16.0 Å². The summed E-state index contributed by atoms with van der Waals surface area (Å²) in [6, 6.07) is -1.08. The summed E-state index contributed by atoms with van der Waals surface area (Å²) < 4.78 is 32.4. The van der Waals surface area contributed by atoms with Crippen LogP contribution in [-0.4, -0.2) is 41.9 Å². The fourth-order valence-electron chi connectivity index (χ4n) is 5.65. The van der Waals surface area contributed by atoms with Crippen LogP contribution in [0.2, 0.25) is 0 Å². The van der Waals surface area contributed by atoms with Crippen molar-refractivity contribution in [2.75, 3.05) is 5.75 Å². The Bertz CT molecular complexity index is 999. The van der Waals surface area contributed by atoms with E-state index in [1.165, 1.54) is 102 Å². The van der Waals surface area contributed by atoms with Crippen LogP contribution in [0, 0.1) is 0 Å². The van der Waals surface area contributed by atoms with E-state index >= 15 is 0 Å². The van der Waals surface area contributed by atoms with Gasteiger partial charge in [0.1, 0.15) is 0 Å². The Morgan fingerprint density at radius 2 is 0.939 bits per heavy atom. The Kier molecular flexibility index (Phi) is 34.4. The lowest BCUT2D eigenvalue weighted by molar-refractivity contribution is -0.122. The number of carbonyl (C=O) groups excluding carboxylic acids is 1. The molecule has 0 aromatic carbocycles. The van der Waals surface area contributed by atoms with Gasteiger partial charge in [0.25, 0.3) is 10.1 Å². The normalized spacial score (nSPS) is 14.0.